The van der Waals surface area contributed by atoms with Crippen molar-refractivity contribution in [1.82, 2.24) is 5.32 Å². The maximum atomic E-state index is 8.36. The van der Waals surface area contributed by atoms with Gasteiger partial charge in [-0.05, 0) is 105 Å². The molecule has 0 unspecified atom stereocenters. The largest absolute Gasteiger partial charge is 0.497 e. The molecular formula is C35H48N2O7. The van der Waals surface area contributed by atoms with Crippen molar-refractivity contribution in [3.63, 3.8) is 0 Å². The minimum Gasteiger partial charge on any atom is -0.497 e. The van der Waals surface area contributed by atoms with Crippen LogP contribution in [0.1, 0.15) is 80.0 Å². The molecule has 9 heteroatoms. The molecule has 1 aliphatic carbocycles. The van der Waals surface area contributed by atoms with Gasteiger partial charge in [0.05, 0.1) is 26.4 Å². The molecule has 9 nitrogen and oxygen atoms in total. The van der Waals surface area contributed by atoms with E-state index in [1.807, 2.05) is 19.2 Å². The van der Waals surface area contributed by atoms with Crippen LogP contribution in [0.25, 0.3) is 0 Å². The lowest BCUT2D eigenvalue weighted by atomic mass is 9.75. The number of hydrogen-bond donors (Lipinski definition) is 2. The second kappa shape index (κ2) is 17.5. The third-order valence-corrected chi connectivity index (χ3v) is 8.43. The summed E-state index contributed by atoms with van der Waals surface area (Å²) >= 11 is 0. The van der Waals surface area contributed by atoms with E-state index >= 15 is 0 Å². The third-order valence-electron chi connectivity index (χ3n) is 8.43. The van der Waals surface area contributed by atoms with Crippen LogP contribution in [0.3, 0.4) is 0 Å². The summed E-state index contributed by atoms with van der Waals surface area (Å²) in [6.45, 7) is 6.05. The van der Waals surface area contributed by atoms with Gasteiger partial charge in [0.25, 0.3) is 5.09 Å². The van der Waals surface area contributed by atoms with E-state index in [0.29, 0.717) is 6.04 Å². The molecule has 0 spiro atoms. The standard InChI is InChI=1S/C35H47NO4.HNO3/c1-6-23-40-33-17-7-11-26(2)34(33)35(39-5)20-18-29(19-21-35)36-22-10-16-32(27-12-8-14-30(24-27)37-3)28-13-9-15-31(25-28)38-4;2-1(3)4/h7-9,11-15,17,24-25,29,32,36H,6,10,16,18-23H2,1-5H3;(H,2,3,4). The number of nitrogens with zero attached hydrogens (tertiary/aromatic N) is 1. The van der Waals surface area contributed by atoms with Crippen molar-refractivity contribution in [2.24, 2.45) is 0 Å². The maximum Gasteiger partial charge on any atom is 0.291 e. The molecule has 0 bridgehead atoms. The fraction of sp³-hybridized carbons (Fsp3) is 0.486. The Kier molecular flexibility index (Phi) is 13.8. The van der Waals surface area contributed by atoms with E-state index in [4.69, 9.17) is 34.3 Å². The molecular weight excluding hydrogens is 560 g/mol. The smallest absolute Gasteiger partial charge is 0.291 e. The van der Waals surface area contributed by atoms with E-state index in [0.717, 1.165) is 75.3 Å². The molecule has 0 aliphatic heterocycles. The van der Waals surface area contributed by atoms with E-state index in [9.17, 15) is 0 Å². The molecule has 44 heavy (non-hydrogen) atoms. The average Bonchev–Trinajstić information content (AvgIpc) is 3.04. The van der Waals surface area contributed by atoms with E-state index in [1.54, 1.807) is 14.2 Å². The van der Waals surface area contributed by atoms with Crippen LogP contribution < -0.4 is 19.5 Å². The fourth-order valence-electron chi connectivity index (χ4n) is 6.26. The van der Waals surface area contributed by atoms with Crippen LogP contribution in [-0.2, 0) is 10.3 Å². The first-order chi connectivity index (χ1) is 21.3. The zero-order chi connectivity index (χ0) is 32.0. The number of rotatable bonds is 14. The molecule has 0 radical (unpaired) electrons. The summed E-state index contributed by atoms with van der Waals surface area (Å²) in [6, 6.07) is 23.8. The predicted octanol–water partition coefficient (Wildman–Crippen LogP) is 7.44. The van der Waals surface area contributed by atoms with Crippen molar-refractivity contribution in [2.75, 3.05) is 34.5 Å². The van der Waals surface area contributed by atoms with Crippen molar-refractivity contribution >= 4 is 0 Å². The summed E-state index contributed by atoms with van der Waals surface area (Å²) in [4.78, 5) is 8.36. The first-order valence-corrected chi connectivity index (χ1v) is 15.4. The van der Waals surface area contributed by atoms with E-state index in [1.165, 1.54) is 22.3 Å². The summed E-state index contributed by atoms with van der Waals surface area (Å²) in [6.07, 6.45) is 7.28. The molecule has 0 amide bonds. The van der Waals surface area contributed by atoms with Gasteiger partial charge < -0.3 is 29.5 Å². The zero-order valence-electron chi connectivity index (χ0n) is 26.7. The average molecular weight is 609 g/mol. The van der Waals surface area contributed by atoms with Gasteiger partial charge in [0.1, 0.15) is 17.2 Å². The summed E-state index contributed by atoms with van der Waals surface area (Å²) in [5, 5.41) is 17.5. The number of nitrogens with one attached hydrogen (secondary N) is 1. The van der Waals surface area contributed by atoms with Gasteiger partial charge in [0.15, 0.2) is 0 Å². The number of hydrogen-bond acceptors (Lipinski definition) is 7. The Balaban J connectivity index is 0.00000124. The molecule has 2 N–H and O–H groups in total. The highest BCUT2D eigenvalue weighted by Crippen LogP contribution is 2.45. The second-order valence-corrected chi connectivity index (χ2v) is 11.2. The Morgan fingerprint density at radius 3 is 2.07 bits per heavy atom. The fourth-order valence-corrected chi connectivity index (χ4v) is 6.26. The first kappa shape index (κ1) is 34.7. The molecule has 240 valence electrons. The first-order valence-electron chi connectivity index (χ1n) is 15.4. The van der Waals surface area contributed by atoms with Gasteiger partial charge in [0.2, 0.25) is 0 Å². The van der Waals surface area contributed by atoms with Crippen LogP contribution in [0.5, 0.6) is 17.2 Å². The van der Waals surface area contributed by atoms with Crippen molar-refractivity contribution in [3.05, 3.63) is 99.1 Å². The third kappa shape index (κ3) is 9.59. The predicted molar refractivity (Wildman–Crippen MR) is 172 cm³/mol. The maximum absolute atomic E-state index is 8.36. The minimum atomic E-state index is -1.50. The van der Waals surface area contributed by atoms with Crippen LogP contribution >= 0.6 is 0 Å². The Morgan fingerprint density at radius 2 is 1.55 bits per heavy atom. The Labute approximate surface area is 261 Å². The highest BCUT2D eigenvalue weighted by molar-refractivity contribution is 5.44. The molecule has 0 aromatic heterocycles. The van der Waals surface area contributed by atoms with Crippen LogP contribution in [0.2, 0.25) is 0 Å². The van der Waals surface area contributed by atoms with Crippen molar-refractivity contribution in [2.45, 2.75) is 76.4 Å². The lowest BCUT2D eigenvalue weighted by molar-refractivity contribution is -0.742. The van der Waals surface area contributed by atoms with Crippen LogP contribution in [-0.4, -0.2) is 50.8 Å². The van der Waals surface area contributed by atoms with E-state index in [2.05, 4.69) is 73.8 Å². The lowest BCUT2D eigenvalue weighted by Gasteiger charge is -2.41. The van der Waals surface area contributed by atoms with Crippen LogP contribution in [0, 0.1) is 17.0 Å². The molecule has 1 saturated carbocycles. The Bertz CT molecular complexity index is 1260. The van der Waals surface area contributed by atoms with Gasteiger partial charge in [-0.2, -0.15) is 0 Å². The number of aryl methyl sites for hydroxylation is 1. The van der Waals surface area contributed by atoms with Gasteiger partial charge in [-0.1, -0.05) is 43.3 Å². The molecule has 4 rings (SSSR count). The van der Waals surface area contributed by atoms with Gasteiger partial charge >= 0.3 is 0 Å². The molecule has 1 fully saturated rings. The van der Waals surface area contributed by atoms with Crippen LogP contribution in [0.15, 0.2) is 66.7 Å². The van der Waals surface area contributed by atoms with Gasteiger partial charge in [-0.15, -0.1) is 10.1 Å². The van der Waals surface area contributed by atoms with Gasteiger partial charge in [-0.25, -0.2) is 0 Å². The summed E-state index contributed by atoms with van der Waals surface area (Å²) in [7, 11) is 5.31. The molecule has 0 heterocycles. The quantitative estimate of drug-likeness (QED) is 0.110. The minimum absolute atomic E-state index is 0.280. The number of benzene rings is 3. The van der Waals surface area contributed by atoms with Gasteiger partial charge in [0, 0.05) is 24.6 Å². The highest BCUT2D eigenvalue weighted by atomic mass is 16.9. The molecule has 1 aliphatic rings. The van der Waals surface area contributed by atoms with Crippen molar-refractivity contribution in [1.29, 1.82) is 0 Å². The molecule has 0 saturated heterocycles. The highest BCUT2D eigenvalue weighted by Gasteiger charge is 2.40. The van der Waals surface area contributed by atoms with Crippen LogP contribution in [0.4, 0.5) is 0 Å². The monoisotopic (exact) mass is 608 g/mol. The molecule has 3 aromatic rings. The number of methoxy groups -OCH3 is 3. The number of ether oxygens (including phenoxy) is 4. The van der Waals surface area contributed by atoms with Crippen molar-refractivity contribution in [3.8, 4) is 17.2 Å². The summed E-state index contributed by atoms with van der Waals surface area (Å²) in [5.74, 6) is 3.05. The zero-order valence-corrected chi connectivity index (χ0v) is 26.7. The van der Waals surface area contributed by atoms with E-state index in [-0.39, 0.29) is 11.5 Å². The second-order valence-electron chi connectivity index (χ2n) is 11.2. The topological polar surface area (TPSA) is 112 Å². The van der Waals surface area contributed by atoms with E-state index < -0.39 is 5.09 Å². The van der Waals surface area contributed by atoms with Crippen molar-refractivity contribution < 1.29 is 29.2 Å². The van der Waals surface area contributed by atoms with Gasteiger partial charge in [-0.3, -0.25) is 0 Å². The summed E-state index contributed by atoms with van der Waals surface area (Å²) < 4.78 is 23.5. The normalized spacial score (nSPS) is 17.8. The molecule has 0 atom stereocenters. The Morgan fingerprint density at radius 1 is 0.977 bits per heavy atom. The summed E-state index contributed by atoms with van der Waals surface area (Å²) in [5.41, 5.74) is 4.76. The SMILES string of the molecule is CCCOc1cccc(C)c1C1(OC)CCC(NCCCC(c2cccc(OC)c2)c2cccc(OC)c2)CC1.O=[N+]([O-])O. The lowest BCUT2D eigenvalue weighted by Crippen LogP contribution is -2.41. The molecule has 3 aromatic carbocycles. The Hall–Kier alpha value is -3.82.